The molecule has 1 N–H and O–H groups in total. The maximum absolute atomic E-state index is 13.2. The van der Waals surface area contributed by atoms with Crippen LogP contribution in [0.4, 0.5) is 10.1 Å². The molecule has 0 radical (unpaired) electrons. The summed E-state index contributed by atoms with van der Waals surface area (Å²) in [6.45, 7) is 7.70. The zero-order chi connectivity index (χ0) is 19.8. The van der Waals surface area contributed by atoms with Gasteiger partial charge < -0.3 is 14.8 Å². The minimum atomic E-state index is -0.380. The number of rotatable bonds is 9. The third-order valence-corrected chi connectivity index (χ3v) is 5.61. The smallest absolute Gasteiger partial charge is 0.234 e. The fourth-order valence-electron chi connectivity index (χ4n) is 3.26. The van der Waals surface area contributed by atoms with E-state index in [9.17, 15) is 9.18 Å². The number of hydrogen-bond acceptors (Lipinski definition) is 5. The van der Waals surface area contributed by atoms with Crippen LogP contribution in [-0.4, -0.2) is 51.0 Å². The molecule has 6 nitrogen and oxygen atoms in total. The molecule has 2 aromatic rings. The summed E-state index contributed by atoms with van der Waals surface area (Å²) in [4.78, 5) is 14.6. The molecule has 1 aliphatic rings. The average molecular weight is 404 g/mol. The number of halogens is 1. The van der Waals surface area contributed by atoms with E-state index in [2.05, 4.69) is 27.0 Å². The number of benzene rings is 1. The van der Waals surface area contributed by atoms with E-state index in [-0.39, 0.29) is 17.5 Å². The molecule has 0 atom stereocenters. The lowest BCUT2D eigenvalue weighted by molar-refractivity contribution is -0.113. The molecule has 0 unspecified atom stereocenters. The molecule has 1 fully saturated rings. The van der Waals surface area contributed by atoms with E-state index < -0.39 is 0 Å². The van der Waals surface area contributed by atoms with Gasteiger partial charge in [-0.05, 0) is 44.1 Å². The van der Waals surface area contributed by atoms with Crippen molar-refractivity contribution in [1.29, 1.82) is 0 Å². The number of hydrogen-bond donors (Lipinski definition) is 1. The summed E-state index contributed by atoms with van der Waals surface area (Å²) in [6.07, 6.45) is 6.49. The van der Waals surface area contributed by atoms with Crippen LogP contribution in [0.1, 0.15) is 25.1 Å². The summed E-state index contributed by atoms with van der Waals surface area (Å²) in [5.74, 6) is 0.504. The first-order valence-electron chi connectivity index (χ1n) is 9.59. The zero-order valence-electron chi connectivity index (χ0n) is 15.9. The SMILES string of the molecule is C=CCn1c(CCN2CCCCC2)nnc1SCC(=O)Nc1cccc(F)c1. The van der Waals surface area contributed by atoms with Crippen LogP contribution in [0.15, 0.2) is 42.1 Å². The number of anilines is 1. The summed E-state index contributed by atoms with van der Waals surface area (Å²) >= 11 is 1.32. The summed E-state index contributed by atoms with van der Waals surface area (Å²) in [6, 6.07) is 5.85. The topological polar surface area (TPSA) is 63.1 Å². The zero-order valence-corrected chi connectivity index (χ0v) is 16.8. The molecule has 1 saturated heterocycles. The normalized spacial score (nSPS) is 14.8. The van der Waals surface area contributed by atoms with Gasteiger partial charge in [-0.25, -0.2) is 4.39 Å². The van der Waals surface area contributed by atoms with Gasteiger partial charge in [0, 0.05) is 25.2 Å². The molecule has 1 aliphatic heterocycles. The van der Waals surface area contributed by atoms with E-state index in [1.54, 1.807) is 12.1 Å². The Morgan fingerprint density at radius 1 is 1.29 bits per heavy atom. The van der Waals surface area contributed by atoms with Crippen molar-refractivity contribution in [2.75, 3.05) is 30.7 Å². The van der Waals surface area contributed by atoms with Crippen LogP contribution in [0, 0.1) is 5.82 Å². The summed E-state index contributed by atoms with van der Waals surface area (Å²) in [7, 11) is 0. The Labute approximate surface area is 169 Å². The first-order valence-corrected chi connectivity index (χ1v) is 10.6. The molecule has 0 saturated carbocycles. The van der Waals surface area contributed by atoms with Gasteiger partial charge in [-0.3, -0.25) is 4.79 Å². The van der Waals surface area contributed by atoms with Crippen LogP contribution in [0.25, 0.3) is 0 Å². The van der Waals surface area contributed by atoms with Crippen molar-refractivity contribution in [3.63, 3.8) is 0 Å². The lowest BCUT2D eigenvalue weighted by Crippen LogP contribution is -2.32. The third kappa shape index (κ3) is 5.90. The molecule has 2 heterocycles. The standard InChI is InChI=1S/C20H26FN5OS/c1-2-10-26-18(9-13-25-11-4-3-5-12-25)23-24-20(26)28-15-19(27)22-17-8-6-7-16(21)14-17/h2,6-8,14H,1,3-5,9-13,15H2,(H,22,27). The van der Waals surface area contributed by atoms with Crippen LogP contribution < -0.4 is 5.32 Å². The largest absolute Gasteiger partial charge is 0.325 e. The highest BCUT2D eigenvalue weighted by Gasteiger charge is 2.16. The number of carbonyl (C=O) groups excluding carboxylic acids is 1. The second-order valence-electron chi connectivity index (χ2n) is 6.80. The Balaban J connectivity index is 1.55. The Hall–Kier alpha value is -2.19. The van der Waals surface area contributed by atoms with E-state index in [1.165, 1.54) is 43.2 Å². The van der Waals surface area contributed by atoms with Crippen LogP contribution in [0.3, 0.4) is 0 Å². The highest BCUT2D eigenvalue weighted by Crippen LogP contribution is 2.19. The van der Waals surface area contributed by atoms with E-state index in [1.807, 2.05) is 10.6 Å². The number of nitrogens with zero attached hydrogens (tertiary/aromatic N) is 4. The quantitative estimate of drug-likeness (QED) is 0.514. The van der Waals surface area contributed by atoms with Crippen molar-refractivity contribution >= 4 is 23.4 Å². The first kappa shape index (κ1) is 20.5. The van der Waals surface area contributed by atoms with Crippen molar-refractivity contribution in [1.82, 2.24) is 19.7 Å². The highest BCUT2D eigenvalue weighted by atomic mass is 32.2. The van der Waals surface area contributed by atoms with Gasteiger partial charge in [-0.2, -0.15) is 0 Å². The Morgan fingerprint density at radius 3 is 2.86 bits per heavy atom. The van der Waals surface area contributed by atoms with Gasteiger partial charge in [0.15, 0.2) is 5.16 Å². The number of amides is 1. The van der Waals surface area contributed by atoms with Crippen LogP contribution in [0.5, 0.6) is 0 Å². The maximum atomic E-state index is 13.2. The molecule has 150 valence electrons. The van der Waals surface area contributed by atoms with Crippen molar-refractivity contribution in [3.05, 3.63) is 48.6 Å². The molecule has 0 spiro atoms. The van der Waals surface area contributed by atoms with Gasteiger partial charge in [0.1, 0.15) is 11.6 Å². The molecule has 1 aromatic heterocycles. The molecule has 3 rings (SSSR count). The number of piperidine rings is 1. The maximum Gasteiger partial charge on any atom is 0.234 e. The number of likely N-dealkylation sites (tertiary alicyclic amines) is 1. The molecule has 0 bridgehead atoms. The molecular formula is C20H26FN5OS. The van der Waals surface area contributed by atoms with Crippen molar-refractivity contribution in [3.8, 4) is 0 Å². The number of thioether (sulfide) groups is 1. The molecule has 28 heavy (non-hydrogen) atoms. The van der Waals surface area contributed by atoms with E-state index in [0.29, 0.717) is 17.4 Å². The Kier molecular flexibility index (Phi) is 7.62. The van der Waals surface area contributed by atoms with E-state index >= 15 is 0 Å². The minimum absolute atomic E-state index is 0.178. The van der Waals surface area contributed by atoms with Crippen LogP contribution in [0.2, 0.25) is 0 Å². The lowest BCUT2D eigenvalue weighted by Gasteiger charge is -2.26. The van der Waals surface area contributed by atoms with Gasteiger partial charge >= 0.3 is 0 Å². The van der Waals surface area contributed by atoms with Gasteiger partial charge in [0.2, 0.25) is 5.91 Å². The fourth-order valence-corrected chi connectivity index (χ4v) is 4.02. The fraction of sp³-hybridized carbons (Fsp3) is 0.450. The van der Waals surface area contributed by atoms with Gasteiger partial charge in [-0.15, -0.1) is 16.8 Å². The number of aromatic nitrogens is 3. The Morgan fingerprint density at radius 2 is 2.11 bits per heavy atom. The van der Waals surface area contributed by atoms with Crippen molar-refractivity contribution in [2.45, 2.75) is 37.4 Å². The highest BCUT2D eigenvalue weighted by molar-refractivity contribution is 7.99. The number of allylic oxidation sites excluding steroid dienone is 1. The first-order chi connectivity index (χ1) is 13.7. The van der Waals surface area contributed by atoms with Crippen molar-refractivity contribution < 1.29 is 9.18 Å². The second-order valence-corrected chi connectivity index (χ2v) is 7.74. The molecular weight excluding hydrogens is 377 g/mol. The monoisotopic (exact) mass is 403 g/mol. The van der Waals surface area contributed by atoms with Gasteiger partial charge in [-0.1, -0.05) is 30.3 Å². The molecule has 0 aliphatic carbocycles. The summed E-state index contributed by atoms with van der Waals surface area (Å²) in [5.41, 5.74) is 0.445. The second kappa shape index (κ2) is 10.4. The number of carbonyl (C=O) groups is 1. The van der Waals surface area contributed by atoms with Crippen LogP contribution in [-0.2, 0) is 17.8 Å². The minimum Gasteiger partial charge on any atom is -0.325 e. The van der Waals surface area contributed by atoms with Gasteiger partial charge in [0.05, 0.1) is 5.75 Å². The molecule has 1 aromatic carbocycles. The summed E-state index contributed by atoms with van der Waals surface area (Å²) < 4.78 is 15.2. The Bertz CT molecular complexity index is 804. The molecule has 8 heteroatoms. The number of nitrogens with one attached hydrogen (secondary N) is 1. The molecule has 1 amide bonds. The predicted octanol–water partition coefficient (Wildman–Crippen LogP) is 3.36. The van der Waals surface area contributed by atoms with Gasteiger partial charge in [0.25, 0.3) is 0 Å². The van der Waals surface area contributed by atoms with E-state index in [4.69, 9.17) is 0 Å². The average Bonchev–Trinajstić information content (AvgIpc) is 3.08. The van der Waals surface area contributed by atoms with Crippen molar-refractivity contribution in [2.24, 2.45) is 0 Å². The van der Waals surface area contributed by atoms with E-state index in [0.717, 1.165) is 31.9 Å². The lowest BCUT2D eigenvalue weighted by atomic mass is 10.1. The van der Waals surface area contributed by atoms with Crippen LogP contribution >= 0.6 is 11.8 Å². The summed E-state index contributed by atoms with van der Waals surface area (Å²) in [5, 5.41) is 12.0. The predicted molar refractivity (Wildman–Crippen MR) is 110 cm³/mol. The third-order valence-electron chi connectivity index (χ3n) is 4.65.